The summed E-state index contributed by atoms with van der Waals surface area (Å²) in [5, 5.41) is 16.5. The van der Waals surface area contributed by atoms with Crippen LogP contribution in [0.5, 0.6) is 0 Å². The lowest BCUT2D eigenvalue weighted by atomic mass is 10.1. The van der Waals surface area contributed by atoms with Crippen molar-refractivity contribution in [3.63, 3.8) is 0 Å². The highest BCUT2D eigenvalue weighted by molar-refractivity contribution is 5.88. The number of carbonyl (C=O) groups excluding carboxylic acids is 3. The van der Waals surface area contributed by atoms with Crippen LogP contribution in [0.3, 0.4) is 0 Å². The van der Waals surface area contributed by atoms with Crippen molar-refractivity contribution >= 4 is 23.7 Å². The summed E-state index contributed by atoms with van der Waals surface area (Å²) in [6, 6.07) is -1.65. The molecule has 0 radical (unpaired) electrons. The second kappa shape index (κ2) is 8.23. The van der Waals surface area contributed by atoms with Crippen LogP contribution in [-0.4, -0.2) is 47.4 Å². The van der Waals surface area contributed by atoms with Crippen LogP contribution in [0.25, 0.3) is 0 Å². The van der Waals surface area contributed by atoms with Gasteiger partial charge in [0.25, 0.3) is 0 Å². The standard InChI is InChI=1S/C13H21N3O5/c1-2-10(17)16-9(13(20)21)5-6-11(18)15-8-4-3-7-14-12(8)19/h8-9H,2-7H2,1H3,(H,14,19)(H,15,18)(H,16,17)(H,20,21)/t8?,9-/m0/s1. The van der Waals surface area contributed by atoms with Gasteiger partial charge in [-0.05, 0) is 19.3 Å². The first kappa shape index (κ1) is 16.9. The molecule has 1 unspecified atom stereocenters. The van der Waals surface area contributed by atoms with Crippen LogP contribution in [0.15, 0.2) is 0 Å². The molecule has 1 saturated heterocycles. The molecule has 118 valence electrons. The lowest BCUT2D eigenvalue weighted by Crippen LogP contribution is -2.50. The summed E-state index contributed by atoms with van der Waals surface area (Å²) in [4.78, 5) is 45.4. The first-order valence-electron chi connectivity index (χ1n) is 7.03. The molecular weight excluding hydrogens is 278 g/mol. The van der Waals surface area contributed by atoms with Gasteiger partial charge in [0.1, 0.15) is 12.1 Å². The molecule has 0 aromatic heterocycles. The van der Waals surface area contributed by atoms with Gasteiger partial charge in [-0.25, -0.2) is 4.79 Å². The number of aliphatic carboxylic acids is 1. The molecular formula is C13H21N3O5. The summed E-state index contributed by atoms with van der Waals surface area (Å²) < 4.78 is 0. The van der Waals surface area contributed by atoms with Crippen molar-refractivity contribution < 1.29 is 24.3 Å². The van der Waals surface area contributed by atoms with Gasteiger partial charge in [-0.15, -0.1) is 0 Å². The van der Waals surface area contributed by atoms with Gasteiger partial charge < -0.3 is 21.1 Å². The van der Waals surface area contributed by atoms with E-state index in [0.717, 1.165) is 6.42 Å². The monoisotopic (exact) mass is 299 g/mol. The highest BCUT2D eigenvalue weighted by atomic mass is 16.4. The van der Waals surface area contributed by atoms with Gasteiger partial charge in [0.2, 0.25) is 17.7 Å². The average Bonchev–Trinajstić information content (AvgIpc) is 2.45. The van der Waals surface area contributed by atoms with E-state index < -0.39 is 24.0 Å². The maximum atomic E-state index is 11.7. The molecule has 8 heteroatoms. The molecule has 3 amide bonds. The SMILES string of the molecule is CCC(=O)N[C@@H](CCC(=O)NC1CCCNC1=O)C(=O)O. The molecule has 0 bridgehead atoms. The van der Waals surface area contributed by atoms with E-state index in [1.54, 1.807) is 6.92 Å². The molecule has 0 aromatic rings. The van der Waals surface area contributed by atoms with Crippen molar-refractivity contribution in [2.45, 2.75) is 51.1 Å². The van der Waals surface area contributed by atoms with Crippen molar-refractivity contribution in [3.05, 3.63) is 0 Å². The van der Waals surface area contributed by atoms with Gasteiger partial charge in [-0.3, -0.25) is 14.4 Å². The zero-order valence-electron chi connectivity index (χ0n) is 12.0. The van der Waals surface area contributed by atoms with Crippen LogP contribution < -0.4 is 16.0 Å². The number of hydrogen-bond donors (Lipinski definition) is 4. The van der Waals surface area contributed by atoms with E-state index in [0.29, 0.717) is 13.0 Å². The summed E-state index contributed by atoms with van der Waals surface area (Å²) in [7, 11) is 0. The molecule has 21 heavy (non-hydrogen) atoms. The van der Waals surface area contributed by atoms with E-state index >= 15 is 0 Å². The Morgan fingerprint density at radius 3 is 2.67 bits per heavy atom. The van der Waals surface area contributed by atoms with Gasteiger partial charge in [-0.2, -0.15) is 0 Å². The largest absolute Gasteiger partial charge is 0.480 e. The molecule has 1 rings (SSSR count). The van der Waals surface area contributed by atoms with E-state index in [9.17, 15) is 19.2 Å². The average molecular weight is 299 g/mol. The fraction of sp³-hybridized carbons (Fsp3) is 0.692. The van der Waals surface area contributed by atoms with Crippen molar-refractivity contribution in [1.29, 1.82) is 0 Å². The topological polar surface area (TPSA) is 125 Å². The van der Waals surface area contributed by atoms with Gasteiger partial charge >= 0.3 is 5.97 Å². The van der Waals surface area contributed by atoms with Gasteiger partial charge in [-0.1, -0.05) is 6.92 Å². The highest BCUT2D eigenvalue weighted by Crippen LogP contribution is 2.05. The van der Waals surface area contributed by atoms with Crippen molar-refractivity contribution in [1.82, 2.24) is 16.0 Å². The van der Waals surface area contributed by atoms with Gasteiger partial charge in [0.15, 0.2) is 0 Å². The smallest absolute Gasteiger partial charge is 0.326 e. The number of piperidine rings is 1. The summed E-state index contributed by atoms with van der Waals surface area (Å²) in [5.74, 6) is -2.17. The van der Waals surface area contributed by atoms with Crippen LogP contribution in [-0.2, 0) is 19.2 Å². The Hall–Kier alpha value is -2.12. The molecule has 1 aliphatic heterocycles. The molecule has 1 aliphatic rings. The van der Waals surface area contributed by atoms with E-state index in [4.69, 9.17) is 5.11 Å². The summed E-state index contributed by atoms with van der Waals surface area (Å²) in [5.41, 5.74) is 0. The van der Waals surface area contributed by atoms with Crippen LogP contribution in [0, 0.1) is 0 Å². The molecule has 2 atom stereocenters. The number of amides is 3. The fourth-order valence-corrected chi connectivity index (χ4v) is 2.01. The summed E-state index contributed by atoms with van der Waals surface area (Å²) >= 11 is 0. The second-order valence-electron chi connectivity index (χ2n) is 4.90. The number of nitrogens with one attached hydrogen (secondary N) is 3. The summed E-state index contributed by atoms with van der Waals surface area (Å²) in [6.07, 6.45) is 1.47. The predicted octanol–water partition coefficient (Wildman–Crippen LogP) is -0.859. The van der Waals surface area contributed by atoms with Crippen molar-refractivity contribution in [2.75, 3.05) is 6.54 Å². The fourth-order valence-electron chi connectivity index (χ4n) is 2.01. The van der Waals surface area contributed by atoms with E-state index in [1.165, 1.54) is 0 Å². The maximum absolute atomic E-state index is 11.7. The lowest BCUT2D eigenvalue weighted by Gasteiger charge is -2.23. The molecule has 1 heterocycles. The quantitative estimate of drug-likeness (QED) is 0.487. The minimum Gasteiger partial charge on any atom is -0.480 e. The molecule has 0 spiro atoms. The maximum Gasteiger partial charge on any atom is 0.326 e. The summed E-state index contributed by atoms with van der Waals surface area (Å²) in [6.45, 7) is 2.22. The Labute approximate surface area is 122 Å². The Morgan fingerprint density at radius 1 is 1.38 bits per heavy atom. The molecule has 0 aromatic carbocycles. The molecule has 0 aliphatic carbocycles. The van der Waals surface area contributed by atoms with Crippen molar-refractivity contribution in [3.8, 4) is 0 Å². The van der Waals surface area contributed by atoms with Gasteiger partial charge in [0.05, 0.1) is 0 Å². The molecule has 1 fully saturated rings. The zero-order chi connectivity index (χ0) is 15.8. The van der Waals surface area contributed by atoms with Gasteiger partial charge in [0, 0.05) is 19.4 Å². The first-order chi connectivity index (χ1) is 9.93. The molecule has 4 N–H and O–H groups in total. The Bertz CT molecular complexity index is 424. The number of carboxylic acid groups (broad SMARTS) is 1. The number of hydrogen-bond acceptors (Lipinski definition) is 4. The van der Waals surface area contributed by atoms with Crippen LogP contribution >= 0.6 is 0 Å². The Balaban J connectivity index is 2.40. The lowest BCUT2D eigenvalue weighted by molar-refractivity contribution is -0.142. The molecule has 0 saturated carbocycles. The van der Waals surface area contributed by atoms with Crippen molar-refractivity contribution in [2.24, 2.45) is 0 Å². The van der Waals surface area contributed by atoms with E-state index in [-0.39, 0.29) is 31.1 Å². The van der Waals surface area contributed by atoms with Crippen LogP contribution in [0.1, 0.15) is 39.0 Å². The normalized spacial score (nSPS) is 19.3. The van der Waals surface area contributed by atoms with E-state index in [2.05, 4.69) is 16.0 Å². The third-order valence-electron chi connectivity index (χ3n) is 3.24. The minimum atomic E-state index is -1.18. The number of carboxylic acids is 1. The number of carbonyl (C=O) groups is 4. The highest BCUT2D eigenvalue weighted by Gasteiger charge is 2.25. The van der Waals surface area contributed by atoms with Crippen LogP contribution in [0.2, 0.25) is 0 Å². The second-order valence-corrected chi connectivity index (χ2v) is 4.90. The third kappa shape index (κ3) is 5.80. The number of rotatable bonds is 7. The van der Waals surface area contributed by atoms with E-state index in [1.807, 2.05) is 0 Å². The third-order valence-corrected chi connectivity index (χ3v) is 3.24. The Morgan fingerprint density at radius 2 is 2.10 bits per heavy atom. The minimum absolute atomic E-state index is 0.0127. The first-order valence-corrected chi connectivity index (χ1v) is 7.03. The van der Waals surface area contributed by atoms with Crippen LogP contribution in [0.4, 0.5) is 0 Å². The zero-order valence-corrected chi connectivity index (χ0v) is 12.0. The molecule has 8 nitrogen and oxygen atoms in total. The Kier molecular flexibility index (Phi) is 6.64. The predicted molar refractivity (Wildman–Crippen MR) is 73.3 cm³/mol.